The highest BCUT2D eigenvalue weighted by Gasteiger charge is 2.36. The lowest BCUT2D eigenvalue weighted by Gasteiger charge is -2.30. The number of hydrogen-bond donors (Lipinski definition) is 2. The summed E-state index contributed by atoms with van der Waals surface area (Å²) in [6, 6.07) is 23.3. The molecular formula is C28H30N4O4S. The number of rotatable bonds is 8. The molecule has 0 saturated carbocycles. The maximum atomic E-state index is 13.5. The van der Waals surface area contributed by atoms with Crippen LogP contribution in [0.1, 0.15) is 24.5 Å². The Morgan fingerprint density at radius 1 is 0.973 bits per heavy atom. The molecule has 1 amide bonds. The van der Waals surface area contributed by atoms with Crippen molar-refractivity contribution >= 4 is 32.9 Å². The van der Waals surface area contributed by atoms with Gasteiger partial charge in [-0.15, -0.1) is 0 Å². The highest BCUT2D eigenvalue weighted by Crippen LogP contribution is 2.29. The van der Waals surface area contributed by atoms with Crippen LogP contribution in [0.2, 0.25) is 0 Å². The van der Waals surface area contributed by atoms with Gasteiger partial charge in [-0.2, -0.15) is 0 Å². The summed E-state index contributed by atoms with van der Waals surface area (Å²) >= 11 is 0. The summed E-state index contributed by atoms with van der Waals surface area (Å²) in [6.45, 7) is 1.56. The third-order valence-electron chi connectivity index (χ3n) is 6.42. The second kappa shape index (κ2) is 11.1. The normalized spacial score (nSPS) is 18.2. The van der Waals surface area contributed by atoms with Crippen LogP contribution in [-0.2, 0) is 19.4 Å². The quantitative estimate of drug-likeness (QED) is 0.473. The van der Waals surface area contributed by atoms with Gasteiger partial charge < -0.3 is 16.0 Å². The smallest absolute Gasteiger partial charge is 0.221 e. The minimum Gasteiger partial charge on any atom is -0.356 e. The van der Waals surface area contributed by atoms with Crippen LogP contribution in [0.5, 0.6) is 0 Å². The van der Waals surface area contributed by atoms with E-state index >= 15 is 0 Å². The van der Waals surface area contributed by atoms with E-state index in [1.165, 1.54) is 12.1 Å². The molecule has 0 radical (unpaired) electrons. The SMILES string of the molecule is CC(NC(=O)CCS(=O)(=O)c1ccccc1)C(=O)C1N=C(c2ccccc2)c2ccccc2N(C)[C@@H]1N. The summed E-state index contributed by atoms with van der Waals surface area (Å²) in [5, 5.41) is 2.64. The van der Waals surface area contributed by atoms with Crippen LogP contribution in [0.3, 0.4) is 0 Å². The van der Waals surface area contributed by atoms with Crippen LogP contribution in [0.4, 0.5) is 5.69 Å². The average Bonchev–Trinajstić information content (AvgIpc) is 3.03. The summed E-state index contributed by atoms with van der Waals surface area (Å²) in [4.78, 5) is 32.9. The van der Waals surface area contributed by atoms with E-state index in [0.717, 1.165) is 16.8 Å². The van der Waals surface area contributed by atoms with E-state index in [4.69, 9.17) is 10.7 Å². The molecule has 0 fully saturated rings. The molecule has 0 saturated heterocycles. The largest absolute Gasteiger partial charge is 0.356 e. The molecular weight excluding hydrogens is 488 g/mol. The minimum absolute atomic E-state index is 0.154. The Balaban J connectivity index is 1.53. The van der Waals surface area contributed by atoms with E-state index in [0.29, 0.717) is 5.71 Å². The maximum absolute atomic E-state index is 13.5. The van der Waals surface area contributed by atoms with Crippen molar-refractivity contribution in [2.24, 2.45) is 10.7 Å². The molecule has 3 aromatic carbocycles. The first kappa shape index (κ1) is 26.2. The van der Waals surface area contributed by atoms with Gasteiger partial charge in [0.1, 0.15) is 12.2 Å². The number of benzodiazepines with no additional fused rings is 1. The summed E-state index contributed by atoms with van der Waals surface area (Å²) in [7, 11) is -1.81. The number of Topliss-reactive ketones (excluding diaryl/α,β-unsaturated/α-hetero) is 1. The van der Waals surface area contributed by atoms with Gasteiger partial charge in [0.2, 0.25) is 5.91 Å². The van der Waals surface area contributed by atoms with Crippen LogP contribution in [0.15, 0.2) is 94.8 Å². The van der Waals surface area contributed by atoms with Gasteiger partial charge in [0, 0.05) is 30.3 Å². The summed E-state index contributed by atoms with van der Waals surface area (Å²) in [6.07, 6.45) is -1.04. The van der Waals surface area contributed by atoms with Crippen LogP contribution in [-0.4, -0.2) is 56.9 Å². The molecule has 0 aromatic heterocycles. The predicted molar refractivity (Wildman–Crippen MR) is 144 cm³/mol. The molecule has 1 heterocycles. The third-order valence-corrected chi connectivity index (χ3v) is 8.15. The van der Waals surface area contributed by atoms with Crippen molar-refractivity contribution in [2.45, 2.75) is 36.5 Å². The first-order valence-corrected chi connectivity index (χ1v) is 13.7. The van der Waals surface area contributed by atoms with Crippen molar-refractivity contribution in [2.75, 3.05) is 17.7 Å². The first-order chi connectivity index (χ1) is 17.7. The Morgan fingerprint density at radius 2 is 1.57 bits per heavy atom. The number of carbonyl (C=O) groups is 2. The second-order valence-corrected chi connectivity index (χ2v) is 11.1. The number of anilines is 1. The molecule has 8 nitrogen and oxygen atoms in total. The maximum Gasteiger partial charge on any atom is 0.221 e. The van der Waals surface area contributed by atoms with Crippen LogP contribution < -0.4 is 16.0 Å². The van der Waals surface area contributed by atoms with Crippen molar-refractivity contribution in [3.8, 4) is 0 Å². The van der Waals surface area contributed by atoms with Crippen LogP contribution in [0.25, 0.3) is 0 Å². The zero-order valence-corrected chi connectivity index (χ0v) is 21.6. The number of fused-ring (bicyclic) bond motifs is 1. The molecule has 0 bridgehead atoms. The Hall–Kier alpha value is -3.82. The van der Waals surface area contributed by atoms with Crippen molar-refractivity contribution in [1.29, 1.82) is 0 Å². The fourth-order valence-electron chi connectivity index (χ4n) is 4.31. The number of para-hydroxylation sites is 1. The summed E-state index contributed by atoms with van der Waals surface area (Å²) in [5.41, 5.74) is 9.71. The molecule has 2 unspecified atom stereocenters. The number of aliphatic imine (C=N–C) groups is 1. The van der Waals surface area contributed by atoms with E-state index in [1.54, 1.807) is 25.1 Å². The van der Waals surface area contributed by atoms with E-state index < -0.39 is 34.0 Å². The average molecular weight is 519 g/mol. The van der Waals surface area contributed by atoms with E-state index in [2.05, 4.69) is 5.32 Å². The lowest BCUT2D eigenvalue weighted by molar-refractivity contribution is -0.128. The highest BCUT2D eigenvalue weighted by atomic mass is 32.2. The monoisotopic (exact) mass is 518 g/mol. The van der Waals surface area contributed by atoms with Gasteiger partial charge in [0.05, 0.1) is 22.4 Å². The Labute approximate surface area is 217 Å². The molecule has 0 spiro atoms. The van der Waals surface area contributed by atoms with Crippen LogP contribution in [0, 0.1) is 0 Å². The highest BCUT2D eigenvalue weighted by molar-refractivity contribution is 7.91. The van der Waals surface area contributed by atoms with Crippen molar-refractivity contribution in [3.63, 3.8) is 0 Å². The lowest BCUT2D eigenvalue weighted by atomic mass is 10.00. The predicted octanol–water partition coefficient (Wildman–Crippen LogP) is 2.56. The van der Waals surface area contributed by atoms with E-state index in [1.807, 2.05) is 66.5 Å². The number of benzene rings is 3. The standard InChI is InChI=1S/C28H30N4O4S/c1-19(30-24(33)17-18-37(35,36)21-13-7-4-8-14-21)27(34)26-28(29)32(2)23-16-10-9-15-22(23)25(31-26)20-11-5-3-6-12-20/h3-16,19,26,28H,17-18,29H2,1-2H3,(H,30,33)/t19?,26?,28-/m0/s1. The fourth-order valence-corrected chi connectivity index (χ4v) is 5.57. The molecule has 3 N–H and O–H groups in total. The zero-order valence-electron chi connectivity index (χ0n) is 20.7. The lowest BCUT2D eigenvalue weighted by Crippen LogP contribution is -2.55. The van der Waals surface area contributed by atoms with Crippen molar-refractivity contribution in [1.82, 2.24) is 5.32 Å². The van der Waals surface area contributed by atoms with Crippen molar-refractivity contribution in [3.05, 3.63) is 96.1 Å². The second-order valence-electron chi connectivity index (χ2n) is 8.98. The number of nitrogens with one attached hydrogen (secondary N) is 1. The summed E-state index contributed by atoms with van der Waals surface area (Å²) in [5.74, 6) is -1.26. The van der Waals surface area contributed by atoms with Gasteiger partial charge in [-0.25, -0.2) is 8.42 Å². The number of sulfone groups is 1. The molecule has 37 heavy (non-hydrogen) atoms. The van der Waals surface area contributed by atoms with E-state index in [-0.39, 0.29) is 22.9 Å². The molecule has 0 aliphatic carbocycles. The molecule has 3 atom stereocenters. The van der Waals surface area contributed by atoms with Gasteiger partial charge >= 0.3 is 0 Å². The fraction of sp³-hybridized carbons (Fsp3) is 0.250. The molecule has 192 valence electrons. The number of carbonyl (C=O) groups excluding carboxylic acids is 2. The number of hydrogen-bond acceptors (Lipinski definition) is 7. The van der Waals surface area contributed by atoms with Gasteiger partial charge in [-0.05, 0) is 25.1 Å². The van der Waals surface area contributed by atoms with Gasteiger partial charge in [0.25, 0.3) is 0 Å². The van der Waals surface area contributed by atoms with Gasteiger partial charge in [-0.1, -0.05) is 66.7 Å². The molecule has 1 aliphatic rings. The van der Waals surface area contributed by atoms with Gasteiger partial charge in [-0.3, -0.25) is 14.6 Å². The Kier molecular flexibility index (Phi) is 7.85. The number of ketones is 1. The Morgan fingerprint density at radius 3 is 2.24 bits per heavy atom. The molecule has 4 rings (SSSR count). The molecule has 1 aliphatic heterocycles. The number of nitrogens with two attached hydrogens (primary N) is 1. The minimum atomic E-state index is -3.62. The topological polar surface area (TPSA) is 122 Å². The summed E-state index contributed by atoms with van der Waals surface area (Å²) < 4.78 is 25.0. The molecule has 9 heteroatoms. The Bertz CT molecular complexity index is 1410. The van der Waals surface area contributed by atoms with Crippen molar-refractivity contribution < 1.29 is 18.0 Å². The van der Waals surface area contributed by atoms with E-state index in [9.17, 15) is 18.0 Å². The first-order valence-electron chi connectivity index (χ1n) is 12.0. The number of amides is 1. The number of likely N-dealkylation sites (N-methyl/N-ethyl adjacent to an activating group) is 1. The zero-order chi connectivity index (χ0) is 26.6. The third kappa shape index (κ3) is 5.79. The van der Waals surface area contributed by atoms with Gasteiger partial charge in [0.15, 0.2) is 15.6 Å². The number of nitrogens with zero attached hydrogens (tertiary/aromatic N) is 2. The van der Waals surface area contributed by atoms with Crippen LogP contribution >= 0.6 is 0 Å². The molecule has 3 aromatic rings.